The molecule has 0 aliphatic rings. The molecule has 0 unspecified atom stereocenters. The van der Waals surface area contributed by atoms with Gasteiger partial charge in [0.25, 0.3) is 5.91 Å². The van der Waals surface area contributed by atoms with E-state index < -0.39 is 23.2 Å². The summed E-state index contributed by atoms with van der Waals surface area (Å²) in [5.74, 6) is -1.13. The first-order chi connectivity index (χ1) is 13.6. The number of nitrogens with zero attached hydrogens (tertiary/aromatic N) is 1. The fourth-order valence-corrected chi connectivity index (χ4v) is 3.22. The molecule has 1 heterocycles. The summed E-state index contributed by atoms with van der Waals surface area (Å²) in [6, 6.07) is 11.3. The van der Waals surface area contributed by atoms with Crippen LogP contribution in [0.1, 0.15) is 33.2 Å². The number of carbonyl (C=O) groups is 2. The molecule has 3 aromatic rings. The second-order valence-electron chi connectivity index (χ2n) is 6.49. The summed E-state index contributed by atoms with van der Waals surface area (Å²) in [4.78, 5) is 24.7. The maximum absolute atomic E-state index is 13.2. The van der Waals surface area contributed by atoms with Gasteiger partial charge in [-0.1, -0.05) is 35.9 Å². The highest BCUT2D eigenvalue weighted by Gasteiger charge is 2.36. The first-order valence-corrected chi connectivity index (χ1v) is 8.90. The lowest BCUT2D eigenvalue weighted by molar-refractivity contribution is -0.137. The Morgan fingerprint density at radius 1 is 1.00 bits per heavy atom. The number of hydrogen-bond acceptors (Lipinski definition) is 2. The number of hydrogen-bond donors (Lipinski definition) is 1. The van der Waals surface area contributed by atoms with E-state index in [2.05, 4.69) is 5.32 Å². The highest BCUT2D eigenvalue weighted by atomic mass is 35.5. The monoisotopic (exact) mass is 420 g/mol. The smallest absolute Gasteiger partial charge is 0.356 e. The van der Waals surface area contributed by atoms with Crippen molar-refractivity contribution in [1.82, 2.24) is 4.57 Å². The van der Waals surface area contributed by atoms with Gasteiger partial charge in [0.1, 0.15) is 0 Å². The van der Waals surface area contributed by atoms with Crippen molar-refractivity contribution in [3.05, 3.63) is 76.6 Å². The van der Waals surface area contributed by atoms with Crippen LogP contribution in [-0.2, 0) is 13.2 Å². The molecule has 2 aromatic carbocycles. The van der Waals surface area contributed by atoms with E-state index in [4.69, 9.17) is 11.6 Å². The predicted molar refractivity (Wildman–Crippen MR) is 105 cm³/mol. The van der Waals surface area contributed by atoms with Gasteiger partial charge in [0.2, 0.25) is 0 Å². The minimum absolute atomic E-state index is 0.231. The molecule has 8 heteroatoms. The van der Waals surface area contributed by atoms with Crippen molar-refractivity contribution >= 4 is 29.0 Å². The molecule has 0 atom stereocenters. The van der Waals surface area contributed by atoms with E-state index in [0.29, 0.717) is 21.7 Å². The van der Waals surface area contributed by atoms with Crippen molar-refractivity contribution in [2.24, 2.45) is 7.05 Å². The molecule has 150 valence electrons. The molecule has 0 aliphatic heterocycles. The lowest BCUT2D eigenvalue weighted by Crippen LogP contribution is -2.17. The zero-order chi connectivity index (χ0) is 21.3. The number of carbonyl (C=O) groups excluding carboxylic acids is 2. The van der Waals surface area contributed by atoms with Crippen molar-refractivity contribution in [2.45, 2.75) is 13.1 Å². The Bertz CT molecular complexity index is 1100. The number of aromatic nitrogens is 1. The third-order valence-electron chi connectivity index (χ3n) is 4.33. The number of ketones is 1. The van der Waals surface area contributed by atoms with Gasteiger partial charge < -0.3 is 9.88 Å². The first kappa shape index (κ1) is 20.7. The van der Waals surface area contributed by atoms with E-state index in [9.17, 15) is 22.8 Å². The Balaban J connectivity index is 2.05. The van der Waals surface area contributed by atoms with Crippen molar-refractivity contribution in [3.8, 4) is 11.1 Å². The van der Waals surface area contributed by atoms with E-state index in [1.165, 1.54) is 24.6 Å². The molecule has 29 heavy (non-hydrogen) atoms. The molecule has 0 spiro atoms. The summed E-state index contributed by atoms with van der Waals surface area (Å²) in [5.41, 5.74) is 0.118. The summed E-state index contributed by atoms with van der Waals surface area (Å²) in [6.45, 7) is 1.38. The molecule has 1 N–H and O–H groups in total. The Morgan fingerprint density at radius 3 is 2.34 bits per heavy atom. The Labute approximate surface area is 169 Å². The minimum Gasteiger partial charge on any atom is -0.356 e. The highest BCUT2D eigenvalue weighted by Crippen LogP contribution is 2.35. The number of amides is 1. The van der Waals surface area contributed by atoms with Crippen LogP contribution < -0.4 is 5.32 Å². The Kier molecular flexibility index (Phi) is 5.53. The summed E-state index contributed by atoms with van der Waals surface area (Å²) in [5, 5.41) is 2.91. The van der Waals surface area contributed by atoms with E-state index in [1.54, 1.807) is 36.4 Å². The Morgan fingerprint density at radius 2 is 1.69 bits per heavy atom. The van der Waals surface area contributed by atoms with Crippen LogP contribution in [0.15, 0.2) is 54.9 Å². The van der Waals surface area contributed by atoms with Gasteiger partial charge in [-0.25, -0.2) is 0 Å². The summed E-state index contributed by atoms with van der Waals surface area (Å²) < 4.78 is 40.9. The van der Waals surface area contributed by atoms with E-state index in [-0.39, 0.29) is 11.5 Å². The van der Waals surface area contributed by atoms with Crippen molar-refractivity contribution in [2.75, 3.05) is 5.32 Å². The average Bonchev–Trinajstić information content (AvgIpc) is 3.05. The number of nitrogens with one attached hydrogen (secondary N) is 1. The van der Waals surface area contributed by atoms with Crippen LogP contribution in [0.25, 0.3) is 11.1 Å². The summed E-state index contributed by atoms with van der Waals surface area (Å²) in [7, 11) is 1.41. The third kappa shape index (κ3) is 4.35. The molecule has 0 aliphatic carbocycles. The molecule has 0 radical (unpaired) electrons. The van der Waals surface area contributed by atoms with Crippen molar-refractivity contribution in [3.63, 3.8) is 0 Å². The fourth-order valence-electron chi connectivity index (χ4n) is 3.05. The molecule has 3 rings (SSSR count). The van der Waals surface area contributed by atoms with Gasteiger partial charge in [-0.2, -0.15) is 13.2 Å². The lowest BCUT2D eigenvalue weighted by atomic mass is 9.96. The number of para-hydroxylation sites is 1. The van der Waals surface area contributed by atoms with E-state index in [0.717, 1.165) is 12.4 Å². The number of alkyl halides is 3. The quantitative estimate of drug-likeness (QED) is 0.541. The van der Waals surface area contributed by atoms with Crippen LogP contribution >= 0.6 is 11.6 Å². The van der Waals surface area contributed by atoms with Gasteiger partial charge in [0.15, 0.2) is 5.78 Å². The Hall–Kier alpha value is -3.06. The second-order valence-corrected chi connectivity index (χ2v) is 6.93. The first-order valence-electron chi connectivity index (χ1n) is 8.52. The molecule has 0 saturated carbocycles. The molecular formula is C21H16ClF3N2O2. The van der Waals surface area contributed by atoms with Gasteiger partial charge in [-0.3, -0.25) is 9.59 Å². The van der Waals surface area contributed by atoms with Crippen LogP contribution in [-0.4, -0.2) is 16.3 Å². The lowest BCUT2D eigenvalue weighted by Gasteiger charge is -2.14. The number of benzene rings is 2. The minimum atomic E-state index is -4.66. The third-order valence-corrected chi connectivity index (χ3v) is 4.57. The molecule has 0 bridgehead atoms. The second kappa shape index (κ2) is 7.75. The van der Waals surface area contributed by atoms with E-state index in [1.807, 2.05) is 0 Å². The number of aryl methyl sites for hydroxylation is 1. The SMILES string of the molecule is CC(=O)c1cc(Cl)ccc1-c1ccccc1NC(=O)c1cn(C)cc1C(F)(F)F. The van der Waals surface area contributed by atoms with Crippen LogP contribution in [0.5, 0.6) is 0 Å². The van der Waals surface area contributed by atoms with Crippen LogP contribution in [0.4, 0.5) is 18.9 Å². The average molecular weight is 421 g/mol. The molecule has 4 nitrogen and oxygen atoms in total. The number of rotatable bonds is 4. The number of anilines is 1. The molecule has 0 saturated heterocycles. The predicted octanol–water partition coefficient (Wildman–Crippen LogP) is 5.82. The van der Waals surface area contributed by atoms with Gasteiger partial charge >= 0.3 is 6.18 Å². The van der Waals surface area contributed by atoms with Crippen LogP contribution in [0.3, 0.4) is 0 Å². The zero-order valence-corrected chi connectivity index (χ0v) is 16.2. The van der Waals surface area contributed by atoms with Gasteiger partial charge in [0.05, 0.1) is 11.1 Å². The molecular weight excluding hydrogens is 405 g/mol. The van der Waals surface area contributed by atoms with Gasteiger partial charge in [0, 0.05) is 41.3 Å². The summed E-state index contributed by atoms with van der Waals surface area (Å²) in [6.07, 6.45) is -2.69. The van der Waals surface area contributed by atoms with E-state index >= 15 is 0 Å². The summed E-state index contributed by atoms with van der Waals surface area (Å²) >= 11 is 5.98. The molecule has 0 fully saturated rings. The van der Waals surface area contributed by atoms with Crippen LogP contribution in [0.2, 0.25) is 5.02 Å². The highest BCUT2D eigenvalue weighted by molar-refractivity contribution is 6.31. The van der Waals surface area contributed by atoms with Gasteiger partial charge in [-0.15, -0.1) is 0 Å². The standard InChI is InChI=1S/C21H16ClF3N2O2/c1-12(28)16-9-13(22)7-8-14(16)15-5-3-4-6-19(15)26-20(29)17-10-27(2)11-18(17)21(23,24)25/h3-11H,1-2H3,(H,26,29). The van der Waals surface area contributed by atoms with Gasteiger partial charge in [-0.05, 0) is 30.7 Å². The topological polar surface area (TPSA) is 51.1 Å². The zero-order valence-electron chi connectivity index (χ0n) is 15.5. The van der Waals surface area contributed by atoms with Crippen molar-refractivity contribution in [1.29, 1.82) is 0 Å². The molecule has 1 amide bonds. The normalized spacial score (nSPS) is 11.4. The maximum atomic E-state index is 13.2. The fraction of sp³-hybridized carbons (Fsp3) is 0.143. The van der Waals surface area contributed by atoms with Crippen molar-refractivity contribution < 1.29 is 22.8 Å². The largest absolute Gasteiger partial charge is 0.418 e. The maximum Gasteiger partial charge on any atom is 0.418 e. The number of Topliss-reactive ketones (excluding diaryl/α,β-unsaturated/α-hetero) is 1. The molecule has 1 aromatic heterocycles. The van der Waals surface area contributed by atoms with Crippen LogP contribution in [0, 0.1) is 0 Å². The number of halogens is 4.